The van der Waals surface area contributed by atoms with Crippen molar-refractivity contribution in [2.45, 2.75) is 32.7 Å². The molecule has 0 amide bonds. The van der Waals surface area contributed by atoms with E-state index in [1.165, 1.54) is 18.3 Å². The summed E-state index contributed by atoms with van der Waals surface area (Å²) in [5.41, 5.74) is 5.58. The number of ether oxygens (including phenoxy) is 1. The third-order valence-electron chi connectivity index (χ3n) is 2.14. The summed E-state index contributed by atoms with van der Waals surface area (Å²) in [6, 6.07) is 2.84. The first-order valence-electron chi connectivity index (χ1n) is 5.43. The Bertz CT molecular complexity index is 340. The predicted molar refractivity (Wildman–Crippen MR) is 61.7 cm³/mol. The van der Waals surface area contributed by atoms with Crippen molar-refractivity contribution < 1.29 is 9.13 Å². The predicted octanol–water partition coefficient (Wildman–Crippen LogP) is 2.36. The van der Waals surface area contributed by atoms with Gasteiger partial charge in [-0.15, -0.1) is 0 Å². The first kappa shape index (κ1) is 12.9. The molecule has 0 spiro atoms. The molecule has 0 saturated heterocycles. The van der Waals surface area contributed by atoms with Crippen molar-refractivity contribution in [2.75, 3.05) is 6.61 Å². The second-order valence-electron chi connectivity index (χ2n) is 4.83. The lowest BCUT2D eigenvalue weighted by Crippen LogP contribution is -2.43. The van der Waals surface area contributed by atoms with E-state index < -0.39 is 11.4 Å². The molecular weight excluding hydrogens is 207 g/mol. The van der Waals surface area contributed by atoms with Gasteiger partial charge in [0.05, 0.1) is 0 Å². The molecule has 0 saturated carbocycles. The maximum Gasteiger partial charge on any atom is 0.250 e. The molecule has 2 N–H and O–H groups in total. The molecule has 1 rings (SSSR count). The van der Waals surface area contributed by atoms with Crippen LogP contribution in [0.15, 0.2) is 18.3 Å². The maximum absolute atomic E-state index is 13.2. The SMILES string of the molecule is CC(C)CC(C)(N)COc1ncccc1F. The van der Waals surface area contributed by atoms with Gasteiger partial charge >= 0.3 is 0 Å². The van der Waals surface area contributed by atoms with Crippen LogP contribution in [0, 0.1) is 11.7 Å². The van der Waals surface area contributed by atoms with Gasteiger partial charge in [-0.05, 0) is 31.4 Å². The van der Waals surface area contributed by atoms with E-state index in [0.717, 1.165) is 6.42 Å². The Morgan fingerprint density at radius 3 is 2.81 bits per heavy atom. The molecule has 0 aliphatic rings. The smallest absolute Gasteiger partial charge is 0.250 e. The van der Waals surface area contributed by atoms with Gasteiger partial charge in [-0.1, -0.05) is 13.8 Å². The highest BCUT2D eigenvalue weighted by atomic mass is 19.1. The summed E-state index contributed by atoms with van der Waals surface area (Å²) in [4.78, 5) is 3.81. The zero-order chi connectivity index (χ0) is 12.2. The number of rotatable bonds is 5. The Morgan fingerprint density at radius 1 is 1.56 bits per heavy atom. The van der Waals surface area contributed by atoms with Gasteiger partial charge in [0, 0.05) is 11.7 Å². The molecule has 0 aliphatic carbocycles. The van der Waals surface area contributed by atoms with Crippen LogP contribution in [-0.2, 0) is 0 Å². The summed E-state index contributed by atoms with van der Waals surface area (Å²) in [5.74, 6) is 0.0398. The fourth-order valence-electron chi connectivity index (χ4n) is 1.70. The zero-order valence-electron chi connectivity index (χ0n) is 10.0. The van der Waals surface area contributed by atoms with Crippen LogP contribution >= 0.6 is 0 Å². The molecular formula is C12H19FN2O. The minimum atomic E-state index is -0.460. The lowest BCUT2D eigenvalue weighted by atomic mass is 9.93. The topological polar surface area (TPSA) is 48.1 Å². The molecule has 90 valence electrons. The van der Waals surface area contributed by atoms with Crippen LogP contribution in [0.5, 0.6) is 5.88 Å². The third kappa shape index (κ3) is 4.14. The Morgan fingerprint density at radius 2 is 2.25 bits per heavy atom. The Hall–Kier alpha value is -1.16. The first-order valence-corrected chi connectivity index (χ1v) is 5.43. The van der Waals surface area contributed by atoms with Crippen molar-refractivity contribution in [1.29, 1.82) is 0 Å². The van der Waals surface area contributed by atoms with Crippen molar-refractivity contribution >= 4 is 0 Å². The molecule has 0 aromatic carbocycles. The Labute approximate surface area is 95.8 Å². The Balaban J connectivity index is 2.54. The third-order valence-corrected chi connectivity index (χ3v) is 2.14. The van der Waals surface area contributed by atoms with E-state index in [2.05, 4.69) is 18.8 Å². The summed E-state index contributed by atoms with van der Waals surface area (Å²) < 4.78 is 18.5. The summed E-state index contributed by atoms with van der Waals surface area (Å²) in [7, 11) is 0. The number of pyridine rings is 1. The largest absolute Gasteiger partial charge is 0.474 e. The number of hydrogen-bond donors (Lipinski definition) is 1. The van der Waals surface area contributed by atoms with E-state index in [1.807, 2.05) is 6.92 Å². The number of nitrogens with two attached hydrogens (primary N) is 1. The molecule has 1 unspecified atom stereocenters. The highest BCUT2D eigenvalue weighted by Gasteiger charge is 2.21. The van der Waals surface area contributed by atoms with Gasteiger partial charge in [0.2, 0.25) is 5.88 Å². The summed E-state index contributed by atoms with van der Waals surface area (Å²) in [6.45, 7) is 6.34. The fourth-order valence-corrected chi connectivity index (χ4v) is 1.70. The van der Waals surface area contributed by atoms with Gasteiger partial charge in [-0.25, -0.2) is 9.37 Å². The maximum atomic E-state index is 13.2. The van der Waals surface area contributed by atoms with E-state index in [-0.39, 0.29) is 12.5 Å². The molecule has 0 bridgehead atoms. The lowest BCUT2D eigenvalue weighted by molar-refractivity contribution is 0.193. The van der Waals surface area contributed by atoms with Crippen LogP contribution in [0.3, 0.4) is 0 Å². The molecule has 1 heterocycles. The van der Waals surface area contributed by atoms with Crippen molar-refractivity contribution in [3.8, 4) is 5.88 Å². The van der Waals surface area contributed by atoms with Gasteiger partial charge in [0.15, 0.2) is 5.82 Å². The standard InChI is InChI=1S/C12H19FN2O/c1-9(2)7-12(3,14)8-16-11-10(13)5-4-6-15-11/h4-6,9H,7-8,14H2,1-3H3. The van der Waals surface area contributed by atoms with Crippen LogP contribution in [0.25, 0.3) is 0 Å². The summed E-state index contributed by atoms with van der Waals surface area (Å²) >= 11 is 0. The van der Waals surface area contributed by atoms with E-state index in [1.54, 1.807) is 0 Å². The van der Waals surface area contributed by atoms with E-state index in [4.69, 9.17) is 10.5 Å². The van der Waals surface area contributed by atoms with Crippen LogP contribution in [0.1, 0.15) is 27.2 Å². The molecule has 3 nitrogen and oxygen atoms in total. The van der Waals surface area contributed by atoms with E-state index in [0.29, 0.717) is 5.92 Å². The van der Waals surface area contributed by atoms with E-state index in [9.17, 15) is 4.39 Å². The number of aromatic nitrogens is 1. The normalized spacial score (nSPS) is 14.9. The summed E-state index contributed by atoms with van der Waals surface area (Å²) in [5, 5.41) is 0. The molecule has 0 fully saturated rings. The minimum Gasteiger partial charge on any atom is -0.474 e. The average Bonchev–Trinajstić information content (AvgIpc) is 2.14. The molecule has 16 heavy (non-hydrogen) atoms. The van der Waals surface area contributed by atoms with Gasteiger partial charge in [0.1, 0.15) is 6.61 Å². The van der Waals surface area contributed by atoms with Crippen molar-refractivity contribution in [2.24, 2.45) is 11.7 Å². The molecule has 0 aliphatic heterocycles. The second kappa shape index (κ2) is 5.25. The van der Waals surface area contributed by atoms with E-state index >= 15 is 0 Å². The molecule has 4 heteroatoms. The number of hydrogen-bond acceptors (Lipinski definition) is 3. The van der Waals surface area contributed by atoms with Crippen LogP contribution in [0.4, 0.5) is 4.39 Å². The molecule has 1 aromatic heterocycles. The second-order valence-corrected chi connectivity index (χ2v) is 4.83. The van der Waals surface area contributed by atoms with Gasteiger partial charge < -0.3 is 10.5 Å². The minimum absolute atomic E-state index is 0.0166. The Kier molecular flexibility index (Phi) is 4.24. The van der Waals surface area contributed by atoms with Crippen LogP contribution in [-0.4, -0.2) is 17.1 Å². The highest BCUT2D eigenvalue weighted by molar-refractivity contribution is 5.13. The monoisotopic (exact) mass is 226 g/mol. The highest BCUT2D eigenvalue weighted by Crippen LogP contribution is 2.17. The van der Waals surface area contributed by atoms with Gasteiger partial charge in [0.25, 0.3) is 0 Å². The quantitative estimate of drug-likeness (QED) is 0.838. The lowest BCUT2D eigenvalue weighted by Gasteiger charge is -2.26. The fraction of sp³-hybridized carbons (Fsp3) is 0.583. The van der Waals surface area contributed by atoms with Gasteiger partial charge in [-0.3, -0.25) is 0 Å². The van der Waals surface area contributed by atoms with Gasteiger partial charge in [-0.2, -0.15) is 0 Å². The first-order chi connectivity index (χ1) is 7.41. The van der Waals surface area contributed by atoms with Crippen molar-refractivity contribution in [3.63, 3.8) is 0 Å². The molecule has 1 aromatic rings. The number of halogens is 1. The van der Waals surface area contributed by atoms with Crippen LogP contribution < -0.4 is 10.5 Å². The molecule has 0 radical (unpaired) electrons. The van der Waals surface area contributed by atoms with Crippen molar-refractivity contribution in [1.82, 2.24) is 4.98 Å². The number of nitrogens with zero attached hydrogens (tertiary/aromatic N) is 1. The molecule has 1 atom stereocenters. The summed E-state index contributed by atoms with van der Waals surface area (Å²) in [6.07, 6.45) is 2.32. The average molecular weight is 226 g/mol. The zero-order valence-corrected chi connectivity index (χ0v) is 10.0. The van der Waals surface area contributed by atoms with Crippen LogP contribution in [0.2, 0.25) is 0 Å². The van der Waals surface area contributed by atoms with Crippen molar-refractivity contribution in [3.05, 3.63) is 24.1 Å².